The van der Waals surface area contributed by atoms with Crippen LogP contribution in [0.1, 0.15) is 16.1 Å². The average Bonchev–Trinajstić information content (AvgIpc) is 3.30. The molecule has 0 aliphatic rings. The smallest absolute Gasteiger partial charge is 0.291 e. The van der Waals surface area contributed by atoms with Gasteiger partial charge >= 0.3 is 0 Å². The fourth-order valence-electron chi connectivity index (χ4n) is 3.29. The van der Waals surface area contributed by atoms with Gasteiger partial charge in [0.05, 0.1) is 5.69 Å². The van der Waals surface area contributed by atoms with Crippen molar-refractivity contribution in [1.82, 2.24) is 14.4 Å². The van der Waals surface area contributed by atoms with Crippen LogP contribution in [0.25, 0.3) is 28.0 Å². The summed E-state index contributed by atoms with van der Waals surface area (Å²) in [6, 6.07) is 15.1. The van der Waals surface area contributed by atoms with Crippen molar-refractivity contribution in [3.63, 3.8) is 0 Å². The molecule has 7 heteroatoms. The number of hydrogen-bond donors (Lipinski definition) is 1. The summed E-state index contributed by atoms with van der Waals surface area (Å²) >= 11 is 3.45. The van der Waals surface area contributed by atoms with Crippen molar-refractivity contribution in [3.05, 3.63) is 82.9 Å². The molecule has 0 unspecified atom stereocenters. The predicted molar refractivity (Wildman–Crippen MR) is 115 cm³/mol. The molecule has 0 bridgehead atoms. The van der Waals surface area contributed by atoms with E-state index < -0.39 is 0 Å². The molecule has 1 amide bonds. The van der Waals surface area contributed by atoms with E-state index in [9.17, 15) is 4.79 Å². The number of halogens is 1. The average molecular weight is 447 g/mol. The SMILES string of the molecule is Cc1c(C(=O)Nc2ccc(-c3cn4cccnc4n3)cc2)oc2ccc(Br)cc12. The number of furan rings is 1. The first-order valence-corrected chi connectivity index (χ1v) is 9.78. The second-order valence-corrected chi connectivity index (χ2v) is 7.60. The molecule has 1 N–H and O–H groups in total. The molecule has 2 aromatic carbocycles. The Morgan fingerprint density at radius 3 is 2.79 bits per heavy atom. The highest BCUT2D eigenvalue weighted by Crippen LogP contribution is 2.29. The lowest BCUT2D eigenvalue weighted by atomic mass is 10.1. The number of amides is 1. The summed E-state index contributed by atoms with van der Waals surface area (Å²) in [6.45, 7) is 1.88. The Labute approximate surface area is 174 Å². The van der Waals surface area contributed by atoms with Crippen molar-refractivity contribution < 1.29 is 9.21 Å². The number of imidazole rings is 1. The number of nitrogens with one attached hydrogen (secondary N) is 1. The molecule has 6 nitrogen and oxygen atoms in total. The molecule has 0 atom stereocenters. The number of anilines is 1. The molecule has 0 fully saturated rings. The first kappa shape index (κ1) is 17.6. The molecule has 3 aromatic heterocycles. The van der Waals surface area contributed by atoms with Gasteiger partial charge in [-0.3, -0.25) is 9.20 Å². The summed E-state index contributed by atoms with van der Waals surface area (Å²) in [5.74, 6) is 0.681. The van der Waals surface area contributed by atoms with Gasteiger partial charge in [-0.05, 0) is 43.3 Å². The maximum atomic E-state index is 12.7. The zero-order valence-corrected chi connectivity index (χ0v) is 17.0. The lowest BCUT2D eigenvalue weighted by molar-refractivity contribution is 0.0998. The van der Waals surface area contributed by atoms with Crippen molar-refractivity contribution in [3.8, 4) is 11.3 Å². The molecule has 3 heterocycles. The normalized spacial score (nSPS) is 11.2. The zero-order valence-electron chi connectivity index (χ0n) is 15.4. The number of fused-ring (bicyclic) bond motifs is 2. The Balaban J connectivity index is 1.39. The van der Waals surface area contributed by atoms with E-state index in [1.54, 1.807) is 6.20 Å². The second kappa shape index (κ2) is 6.86. The van der Waals surface area contributed by atoms with Crippen LogP contribution in [0.5, 0.6) is 0 Å². The molecule has 29 heavy (non-hydrogen) atoms. The number of aryl methyl sites for hydroxylation is 1. The molecule has 5 aromatic rings. The van der Waals surface area contributed by atoms with E-state index >= 15 is 0 Å². The zero-order chi connectivity index (χ0) is 20.0. The minimum atomic E-state index is -0.278. The highest BCUT2D eigenvalue weighted by Gasteiger charge is 2.18. The first-order chi connectivity index (χ1) is 14.1. The summed E-state index contributed by atoms with van der Waals surface area (Å²) in [6.07, 6.45) is 5.54. The van der Waals surface area contributed by atoms with Crippen LogP contribution in [0.15, 0.2) is 76.0 Å². The predicted octanol–water partition coefficient (Wildman–Crippen LogP) is 5.47. The van der Waals surface area contributed by atoms with E-state index in [4.69, 9.17) is 4.42 Å². The highest BCUT2D eigenvalue weighted by atomic mass is 79.9. The van der Waals surface area contributed by atoms with Gasteiger partial charge in [0.15, 0.2) is 5.76 Å². The lowest BCUT2D eigenvalue weighted by Crippen LogP contribution is -2.11. The van der Waals surface area contributed by atoms with Crippen LogP contribution in [-0.4, -0.2) is 20.3 Å². The maximum Gasteiger partial charge on any atom is 0.291 e. The van der Waals surface area contributed by atoms with Gasteiger partial charge < -0.3 is 9.73 Å². The summed E-state index contributed by atoms with van der Waals surface area (Å²) in [5, 5.41) is 3.81. The minimum Gasteiger partial charge on any atom is -0.451 e. The Morgan fingerprint density at radius 2 is 2.00 bits per heavy atom. The minimum absolute atomic E-state index is 0.278. The van der Waals surface area contributed by atoms with Crippen molar-refractivity contribution in [2.45, 2.75) is 6.92 Å². The summed E-state index contributed by atoms with van der Waals surface area (Å²) in [7, 11) is 0. The van der Waals surface area contributed by atoms with Gasteiger partial charge in [0.2, 0.25) is 5.78 Å². The molecular formula is C22H15BrN4O2. The summed E-state index contributed by atoms with van der Waals surface area (Å²) < 4.78 is 8.57. The van der Waals surface area contributed by atoms with Crippen molar-refractivity contribution in [2.75, 3.05) is 5.32 Å². The Hall–Kier alpha value is -3.45. The number of carbonyl (C=O) groups excluding carboxylic acids is 1. The molecule has 0 spiro atoms. The molecule has 0 aliphatic heterocycles. The van der Waals surface area contributed by atoms with E-state index in [1.165, 1.54) is 0 Å². The van der Waals surface area contributed by atoms with E-state index in [0.29, 0.717) is 22.8 Å². The quantitative estimate of drug-likeness (QED) is 0.398. The summed E-state index contributed by atoms with van der Waals surface area (Å²) in [4.78, 5) is 21.5. The van der Waals surface area contributed by atoms with Gasteiger partial charge in [-0.2, -0.15) is 0 Å². The Kier molecular flexibility index (Phi) is 4.17. The van der Waals surface area contributed by atoms with Gasteiger partial charge in [0.1, 0.15) is 5.58 Å². The second-order valence-electron chi connectivity index (χ2n) is 6.68. The number of benzene rings is 2. The Bertz CT molecular complexity index is 1340. The van der Waals surface area contributed by atoms with Gasteiger partial charge in [-0.25, -0.2) is 9.97 Å². The standard InChI is InChI=1S/C22H15BrN4O2/c1-13-17-11-15(23)5-8-19(17)29-20(13)21(28)25-16-6-3-14(4-7-16)18-12-27-10-2-9-24-22(27)26-18/h2-12H,1H3,(H,25,28). The van der Waals surface area contributed by atoms with Gasteiger partial charge in [0, 0.05) is 45.3 Å². The van der Waals surface area contributed by atoms with E-state index in [2.05, 4.69) is 31.2 Å². The topological polar surface area (TPSA) is 72.4 Å². The van der Waals surface area contributed by atoms with E-state index in [0.717, 1.165) is 26.7 Å². The van der Waals surface area contributed by atoms with Crippen LogP contribution >= 0.6 is 15.9 Å². The fraction of sp³-hybridized carbons (Fsp3) is 0.0455. The lowest BCUT2D eigenvalue weighted by Gasteiger charge is -2.05. The number of nitrogens with zero attached hydrogens (tertiary/aromatic N) is 3. The van der Waals surface area contributed by atoms with E-state index in [-0.39, 0.29) is 5.91 Å². The highest BCUT2D eigenvalue weighted by molar-refractivity contribution is 9.10. The maximum absolute atomic E-state index is 12.7. The third-order valence-electron chi connectivity index (χ3n) is 4.78. The van der Waals surface area contributed by atoms with E-state index in [1.807, 2.05) is 72.2 Å². The molecule has 0 aliphatic carbocycles. The largest absolute Gasteiger partial charge is 0.451 e. The van der Waals surface area contributed by atoms with Crippen LogP contribution in [-0.2, 0) is 0 Å². The van der Waals surface area contributed by atoms with Crippen LogP contribution in [0.2, 0.25) is 0 Å². The monoisotopic (exact) mass is 446 g/mol. The van der Waals surface area contributed by atoms with Gasteiger partial charge in [-0.15, -0.1) is 0 Å². The van der Waals surface area contributed by atoms with Crippen molar-refractivity contribution >= 4 is 44.3 Å². The van der Waals surface area contributed by atoms with Crippen molar-refractivity contribution in [2.24, 2.45) is 0 Å². The van der Waals surface area contributed by atoms with Gasteiger partial charge in [0.25, 0.3) is 5.91 Å². The van der Waals surface area contributed by atoms with Crippen LogP contribution < -0.4 is 5.32 Å². The molecule has 142 valence electrons. The van der Waals surface area contributed by atoms with Gasteiger partial charge in [-0.1, -0.05) is 28.1 Å². The first-order valence-electron chi connectivity index (χ1n) is 8.99. The molecule has 0 saturated carbocycles. The van der Waals surface area contributed by atoms with Crippen molar-refractivity contribution in [1.29, 1.82) is 0 Å². The van der Waals surface area contributed by atoms with Crippen LogP contribution in [0.4, 0.5) is 5.69 Å². The summed E-state index contributed by atoms with van der Waals surface area (Å²) in [5.41, 5.74) is 3.94. The van der Waals surface area contributed by atoms with Crippen LogP contribution in [0, 0.1) is 6.92 Å². The number of carbonyl (C=O) groups is 1. The molecular weight excluding hydrogens is 432 g/mol. The Morgan fingerprint density at radius 1 is 1.17 bits per heavy atom. The third-order valence-corrected chi connectivity index (χ3v) is 5.27. The number of rotatable bonds is 3. The molecule has 0 radical (unpaired) electrons. The fourth-order valence-corrected chi connectivity index (χ4v) is 3.65. The number of aromatic nitrogens is 3. The molecule has 5 rings (SSSR count). The number of hydrogen-bond acceptors (Lipinski definition) is 4. The van der Waals surface area contributed by atoms with Crippen LogP contribution in [0.3, 0.4) is 0 Å². The molecule has 0 saturated heterocycles. The third kappa shape index (κ3) is 3.19.